The van der Waals surface area contributed by atoms with Crippen molar-refractivity contribution in [2.45, 2.75) is 22.7 Å². The quantitative estimate of drug-likeness (QED) is 0.867. The Morgan fingerprint density at radius 2 is 1.50 bits per heavy atom. The Kier molecular flexibility index (Phi) is 4.76. The van der Waals surface area contributed by atoms with E-state index in [2.05, 4.69) is 5.32 Å². The predicted octanol–water partition coefficient (Wildman–Crippen LogP) is 1.42. The van der Waals surface area contributed by atoms with E-state index in [0.717, 1.165) is 5.56 Å². The standard InChI is InChI=1S/C17H19NO4S2/c19-23(20)12-16(18-11-14-7-3-1-4-8-14)17(13-23)24(21,22)15-9-5-2-6-10-15/h1-10,16-18H,11-13H2. The zero-order valence-corrected chi connectivity index (χ0v) is 14.6. The molecule has 0 bridgehead atoms. The first-order valence-electron chi connectivity index (χ1n) is 7.65. The Bertz CT molecular complexity index is 894. The molecule has 7 heteroatoms. The summed E-state index contributed by atoms with van der Waals surface area (Å²) in [6.45, 7) is 0.432. The van der Waals surface area contributed by atoms with Crippen LogP contribution in [-0.2, 0) is 26.2 Å². The van der Waals surface area contributed by atoms with Crippen LogP contribution >= 0.6 is 0 Å². The highest BCUT2D eigenvalue weighted by atomic mass is 32.2. The summed E-state index contributed by atoms with van der Waals surface area (Å²) < 4.78 is 49.8. The summed E-state index contributed by atoms with van der Waals surface area (Å²) in [5.74, 6) is -0.493. The van der Waals surface area contributed by atoms with Gasteiger partial charge in [0, 0.05) is 12.6 Å². The predicted molar refractivity (Wildman–Crippen MR) is 93.1 cm³/mol. The minimum absolute atomic E-state index is 0.156. The van der Waals surface area contributed by atoms with Gasteiger partial charge in [0.15, 0.2) is 19.7 Å². The second kappa shape index (κ2) is 6.66. The Morgan fingerprint density at radius 3 is 2.12 bits per heavy atom. The monoisotopic (exact) mass is 365 g/mol. The molecule has 2 atom stereocenters. The third-order valence-electron chi connectivity index (χ3n) is 4.18. The van der Waals surface area contributed by atoms with Gasteiger partial charge in [0.05, 0.1) is 21.7 Å². The van der Waals surface area contributed by atoms with Gasteiger partial charge in [0.25, 0.3) is 0 Å². The molecule has 0 amide bonds. The summed E-state index contributed by atoms with van der Waals surface area (Å²) in [5.41, 5.74) is 0.984. The highest BCUT2D eigenvalue weighted by Gasteiger charge is 2.45. The molecule has 1 aliphatic rings. The molecule has 1 saturated heterocycles. The van der Waals surface area contributed by atoms with Crippen LogP contribution in [0.2, 0.25) is 0 Å². The number of hydrogen-bond donors (Lipinski definition) is 1. The molecule has 2 aromatic rings. The summed E-state index contributed by atoms with van der Waals surface area (Å²) in [6.07, 6.45) is 0. The number of hydrogen-bond acceptors (Lipinski definition) is 5. The average molecular weight is 365 g/mol. The molecule has 5 nitrogen and oxygen atoms in total. The van der Waals surface area contributed by atoms with Crippen LogP contribution in [0.25, 0.3) is 0 Å². The molecule has 128 valence electrons. The normalized spacial score (nSPS) is 23.2. The number of nitrogens with one attached hydrogen (secondary N) is 1. The smallest absolute Gasteiger partial charge is 0.183 e. The highest BCUT2D eigenvalue weighted by molar-refractivity contribution is 7.96. The SMILES string of the molecule is O=S1(=O)CC(NCc2ccccc2)C(S(=O)(=O)c2ccccc2)C1. The topological polar surface area (TPSA) is 80.3 Å². The van der Waals surface area contributed by atoms with Crippen LogP contribution < -0.4 is 5.32 Å². The zero-order chi connectivity index (χ0) is 17.2. The molecule has 24 heavy (non-hydrogen) atoms. The maximum Gasteiger partial charge on any atom is 0.183 e. The van der Waals surface area contributed by atoms with Gasteiger partial charge in [-0.3, -0.25) is 0 Å². The van der Waals surface area contributed by atoms with Gasteiger partial charge in [0.1, 0.15) is 0 Å². The van der Waals surface area contributed by atoms with E-state index in [1.54, 1.807) is 18.2 Å². The second-order valence-electron chi connectivity index (χ2n) is 5.95. The van der Waals surface area contributed by atoms with Crippen molar-refractivity contribution in [3.63, 3.8) is 0 Å². The maximum atomic E-state index is 12.8. The largest absolute Gasteiger partial charge is 0.308 e. The van der Waals surface area contributed by atoms with Gasteiger partial charge in [-0.05, 0) is 17.7 Å². The van der Waals surface area contributed by atoms with E-state index in [9.17, 15) is 16.8 Å². The summed E-state index contributed by atoms with van der Waals surface area (Å²) >= 11 is 0. The summed E-state index contributed by atoms with van der Waals surface area (Å²) in [6, 6.07) is 16.9. The van der Waals surface area contributed by atoms with Crippen LogP contribution in [0.5, 0.6) is 0 Å². The Morgan fingerprint density at radius 1 is 0.917 bits per heavy atom. The average Bonchev–Trinajstić information content (AvgIpc) is 2.90. The first-order chi connectivity index (χ1) is 11.4. The molecule has 1 heterocycles. The van der Waals surface area contributed by atoms with Gasteiger partial charge in [-0.15, -0.1) is 0 Å². The summed E-state index contributed by atoms with van der Waals surface area (Å²) in [4.78, 5) is 0.165. The van der Waals surface area contributed by atoms with E-state index < -0.39 is 31.0 Å². The van der Waals surface area contributed by atoms with Crippen LogP contribution in [0.4, 0.5) is 0 Å². The summed E-state index contributed by atoms with van der Waals surface area (Å²) in [7, 11) is -7.09. The molecule has 3 rings (SSSR count). The maximum absolute atomic E-state index is 12.8. The van der Waals surface area contributed by atoms with Gasteiger partial charge < -0.3 is 5.32 Å². The molecular formula is C17H19NO4S2. The molecule has 0 aromatic heterocycles. The van der Waals surface area contributed by atoms with Crippen LogP contribution in [0.3, 0.4) is 0 Å². The number of sulfone groups is 2. The van der Waals surface area contributed by atoms with Crippen LogP contribution in [0, 0.1) is 0 Å². The van der Waals surface area contributed by atoms with Crippen LogP contribution in [0.1, 0.15) is 5.56 Å². The Hall–Kier alpha value is -1.70. The van der Waals surface area contributed by atoms with Crippen molar-refractivity contribution in [3.8, 4) is 0 Å². The van der Waals surface area contributed by atoms with Crippen LogP contribution in [-0.4, -0.2) is 39.6 Å². The van der Waals surface area contributed by atoms with Gasteiger partial charge in [0.2, 0.25) is 0 Å². The highest BCUT2D eigenvalue weighted by Crippen LogP contribution is 2.26. The molecular weight excluding hydrogens is 346 g/mol. The number of benzene rings is 2. The molecule has 2 aromatic carbocycles. The zero-order valence-electron chi connectivity index (χ0n) is 13.0. The fourth-order valence-corrected chi connectivity index (χ4v) is 7.68. The second-order valence-corrected chi connectivity index (χ2v) is 10.3. The van der Waals surface area contributed by atoms with E-state index in [-0.39, 0.29) is 16.4 Å². The molecule has 0 radical (unpaired) electrons. The lowest BCUT2D eigenvalue weighted by Gasteiger charge is -2.20. The van der Waals surface area contributed by atoms with Gasteiger partial charge >= 0.3 is 0 Å². The van der Waals surface area contributed by atoms with Crippen molar-refractivity contribution in [1.82, 2.24) is 5.32 Å². The van der Waals surface area contributed by atoms with Crippen molar-refractivity contribution in [3.05, 3.63) is 66.2 Å². The summed E-state index contributed by atoms with van der Waals surface area (Å²) in [5, 5.41) is 2.16. The van der Waals surface area contributed by atoms with Crippen molar-refractivity contribution < 1.29 is 16.8 Å². The molecule has 0 saturated carbocycles. The molecule has 1 N–H and O–H groups in total. The van der Waals surface area contributed by atoms with Gasteiger partial charge in [-0.25, -0.2) is 16.8 Å². The molecule has 0 aliphatic carbocycles. The van der Waals surface area contributed by atoms with E-state index in [0.29, 0.717) is 6.54 Å². The first-order valence-corrected chi connectivity index (χ1v) is 11.0. The van der Waals surface area contributed by atoms with Crippen molar-refractivity contribution in [2.24, 2.45) is 0 Å². The minimum Gasteiger partial charge on any atom is -0.308 e. The lowest BCUT2D eigenvalue weighted by atomic mass is 10.2. The molecule has 1 fully saturated rings. The van der Waals surface area contributed by atoms with Crippen molar-refractivity contribution in [2.75, 3.05) is 11.5 Å². The number of rotatable bonds is 5. The van der Waals surface area contributed by atoms with E-state index >= 15 is 0 Å². The Labute approximate surface area is 142 Å². The first kappa shape index (κ1) is 17.1. The van der Waals surface area contributed by atoms with Crippen molar-refractivity contribution in [1.29, 1.82) is 0 Å². The third kappa shape index (κ3) is 3.68. The van der Waals surface area contributed by atoms with E-state index in [1.165, 1.54) is 12.1 Å². The molecule has 1 aliphatic heterocycles. The van der Waals surface area contributed by atoms with Gasteiger partial charge in [-0.1, -0.05) is 48.5 Å². The van der Waals surface area contributed by atoms with E-state index in [4.69, 9.17) is 0 Å². The minimum atomic E-state index is -3.70. The third-order valence-corrected chi connectivity index (χ3v) is 8.35. The lowest BCUT2D eigenvalue weighted by molar-refractivity contribution is 0.526. The lowest BCUT2D eigenvalue weighted by Crippen LogP contribution is -2.43. The molecule has 2 unspecified atom stereocenters. The fraction of sp³-hybridized carbons (Fsp3) is 0.294. The fourth-order valence-electron chi connectivity index (χ4n) is 2.94. The Balaban J connectivity index is 1.84. The molecule has 0 spiro atoms. The van der Waals surface area contributed by atoms with Crippen LogP contribution in [0.15, 0.2) is 65.6 Å². The van der Waals surface area contributed by atoms with Gasteiger partial charge in [-0.2, -0.15) is 0 Å². The van der Waals surface area contributed by atoms with Crippen molar-refractivity contribution >= 4 is 19.7 Å². The van der Waals surface area contributed by atoms with E-state index in [1.807, 2.05) is 30.3 Å².